The Labute approximate surface area is 59.1 Å². The lowest BCUT2D eigenvalue weighted by molar-refractivity contribution is -0.0805. The molecule has 0 aromatic heterocycles. The third-order valence-electron chi connectivity index (χ3n) is 1.87. The SMILES string of the molecule is C[C@@H]1OCC(O)(CO)C1O. The van der Waals surface area contributed by atoms with Crippen LogP contribution in [-0.4, -0.2) is 46.3 Å². The minimum atomic E-state index is -1.45. The van der Waals surface area contributed by atoms with Crippen molar-refractivity contribution in [3.8, 4) is 0 Å². The molecule has 0 spiro atoms. The van der Waals surface area contributed by atoms with Crippen molar-refractivity contribution < 1.29 is 20.1 Å². The van der Waals surface area contributed by atoms with Gasteiger partial charge in [0.1, 0.15) is 11.7 Å². The number of ether oxygens (including phenoxy) is 1. The first kappa shape index (κ1) is 7.94. The lowest BCUT2D eigenvalue weighted by Gasteiger charge is -2.22. The highest BCUT2D eigenvalue weighted by Gasteiger charge is 2.45. The molecule has 1 fully saturated rings. The number of hydrogen-bond acceptors (Lipinski definition) is 4. The van der Waals surface area contributed by atoms with Gasteiger partial charge in [0.05, 0.1) is 19.3 Å². The topological polar surface area (TPSA) is 69.9 Å². The van der Waals surface area contributed by atoms with E-state index in [1.807, 2.05) is 0 Å². The Bertz CT molecular complexity index is 127. The largest absolute Gasteiger partial charge is 0.393 e. The fourth-order valence-electron chi connectivity index (χ4n) is 1.03. The van der Waals surface area contributed by atoms with E-state index in [0.29, 0.717) is 0 Å². The molecule has 3 N–H and O–H groups in total. The summed E-state index contributed by atoms with van der Waals surface area (Å²) in [4.78, 5) is 0. The maximum absolute atomic E-state index is 9.31. The molecule has 60 valence electrons. The predicted molar refractivity (Wildman–Crippen MR) is 33.5 cm³/mol. The van der Waals surface area contributed by atoms with Gasteiger partial charge in [-0.15, -0.1) is 0 Å². The third-order valence-corrected chi connectivity index (χ3v) is 1.87. The molecule has 0 bridgehead atoms. The van der Waals surface area contributed by atoms with Gasteiger partial charge in [-0.05, 0) is 6.92 Å². The van der Waals surface area contributed by atoms with Crippen molar-refractivity contribution in [3.05, 3.63) is 0 Å². The summed E-state index contributed by atoms with van der Waals surface area (Å²) in [6.45, 7) is 1.20. The quantitative estimate of drug-likeness (QED) is 0.423. The zero-order chi connectivity index (χ0) is 7.78. The smallest absolute Gasteiger partial charge is 0.139 e. The summed E-state index contributed by atoms with van der Waals surface area (Å²) in [7, 11) is 0. The molecule has 1 heterocycles. The minimum Gasteiger partial charge on any atom is -0.393 e. The van der Waals surface area contributed by atoms with Crippen molar-refractivity contribution in [1.82, 2.24) is 0 Å². The van der Waals surface area contributed by atoms with E-state index in [9.17, 15) is 10.2 Å². The van der Waals surface area contributed by atoms with Crippen molar-refractivity contribution >= 4 is 0 Å². The van der Waals surface area contributed by atoms with Crippen LogP contribution in [0.4, 0.5) is 0 Å². The van der Waals surface area contributed by atoms with E-state index in [0.717, 1.165) is 0 Å². The average molecular weight is 148 g/mol. The van der Waals surface area contributed by atoms with Crippen LogP contribution >= 0.6 is 0 Å². The molecular weight excluding hydrogens is 136 g/mol. The Morgan fingerprint density at radius 1 is 1.70 bits per heavy atom. The van der Waals surface area contributed by atoms with Crippen molar-refractivity contribution in [2.24, 2.45) is 0 Å². The van der Waals surface area contributed by atoms with Crippen LogP contribution in [0, 0.1) is 0 Å². The Morgan fingerprint density at radius 3 is 2.50 bits per heavy atom. The maximum Gasteiger partial charge on any atom is 0.139 e. The van der Waals surface area contributed by atoms with Gasteiger partial charge in [0, 0.05) is 0 Å². The van der Waals surface area contributed by atoms with Gasteiger partial charge in [-0.3, -0.25) is 0 Å². The average Bonchev–Trinajstić information content (AvgIpc) is 2.19. The Hall–Kier alpha value is -0.160. The summed E-state index contributed by atoms with van der Waals surface area (Å²) in [5.41, 5.74) is -1.45. The van der Waals surface area contributed by atoms with Crippen LogP contribution in [0.1, 0.15) is 6.92 Å². The second-order valence-electron chi connectivity index (χ2n) is 2.72. The lowest BCUT2D eigenvalue weighted by Crippen LogP contribution is -2.46. The summed E-state index contributed by atoms with van der Waals surface area (Å²) in [6, 6.07) is 0. The molecule has 3 atom stereocenters. The maximum atomic E-state index is 9.31. The Kier molecular flexibility index (Phi) is 1.96. The monoisotopic (exact) mass is 148 g/mol. The van der Waals surface area contributed by atoms with E-state index >= 15 is 0 Å². The zero-order valence-electron chi connectivity index (χ0n) is 5.82. The van der Waals surface area contributed by atoms with Crippen molar-refractivity contribution in [1.29, 1.82) is 0 Å². The first-order valence-electron chi connectivity index (χ1n) is 3.23. The van der Waals surface area contributed by atoms with Crippen molar-refractivity contribution in [3.63, 3.8) is 0 Å². The molecule has 1 saturated heterocycles. The van der Waals surface area contributed by atoms with Crippen LogP contribution in [0.25, 0.3) is 0 Å². The van der Waals surface area contributed by atoms with Crippen molar-refractivity contribution in [2.45, 2.75) is 24.7 Å². The normalized spacial score (nSPS) is 48.0. The van der Waals surface area contributed by atoms with Gasteiger partial charge < -0.3 is 20.1 Å². The van der Waals surface area contributed by atoms with Crippen LogP contribution < -0.4 is 0 Å². The summed E-state index contributed by atoms with van der Waals surface area (Å²) >= 11 is 0. The molecule has 0 saturated carbocycles. The molecule has 0 aromatic carbocycles. The summed E-state index contributed by atoms with van der Waals surface area (Å²) < 4.78 is 4.91. The zero-order valence-corrected chi connectivity index (χ0v) is 5.82. The first-order valence-corrected chi connectivity index (χ1v) is 3.23. The highest BCUT2D eigenvalue weighted by molar-refractivity contribution is 4.94. The number of aliphatic hydroxyl groups is 3. The molecule has 0 aromatic rings. The van der Waals surface area contributed by atoms with Gasteiger partial charge in [-0.2, -0.15) is 0 Å². The van der Waals surface area contributed by atoms with E-state index in [1.54, 1.807) is 6.92 Å². The Balaban J connectivity index is 2.64. The standard InChI is InChI=1S/C6H12O4/c1-4-5(8)6(9,2-7)3-10-4/h4-5,7-9H,2-3H2,1H3/t4-,5?,6?/m0/s1. The summed E-state index contributed by atoms with van der Waals surface area (Å²) in [5.74, 6) is 0. The van der Waals surface area contributed by atoms with E-state index in [4.69, 9.17) is 9.84 Å². The van der Waals surface area contributed by atoms with Crippen molar-refractivity contribution in [2.75, 3.05) is 13.2 Å². The summed E-state index contributed by atoms with van der Waals surface area (Å²) in [5, 5.41) is 27.1. The molecular formula is C6H12O4. The number of aliphatic hydroxyl groups excluding tert-OH is 2. The number of hydrogen-bond donors (Lipinski definition) is 3. The molecule has 1 rings (SSSR count). The van der Waals surface area contributed by atoms with E-state index in [2.05, 4.69) is 0 Å². The molecule has 0 aliphatic carbocycles. The third kappa shape index (κ3) is 1.03. The van der Waals surface area contributed by atoms with Crippen LogP contribution in [0.5, 0.6) is 0 Å². The fourth-order valence-corrected chi connectivity index (χ4v) is 1.03. The molecule has 0 amide bonds. The van der Waals surface area contributed by atoms with E-state index in [-0.39, 0.29) is 6.61 Å². The van der Waals surface area contributed by atoms with Crippen LogP contribution in [0.3, 0.4) is 0 Å². The predicted octanol–water partition coefficient (Wildman–Crippen LogP) is -1.51. The number of rotatable bonds is 1. The van der Waals surface area contributed by atoms with Gasteiger partial charge in [0.25, 0.3) is 0 Å². The second-order valence-corrected chi connectivity index (χ2v) is 2.72. The molecule has 1 aliphatic rings. The van der Waals surface area contributed by atoms with E-state index in [1.165, 1.54) is 0 Å². The molecule has 10 heavy (non-hydrogen) atoms. The first-order chi connectivity index (χ1) is 4.60. The highest BCUT2D eigenvalue weighted by Crippen LogP contribution is 2.23. The van der Waals surface area contributed by atoms with Gasteiger partial charge in [0.15, 0.2) is 0 Å². The molecule has 1 aliphatic heterocycles. The summed E-state index contributed by atoms with van der Waals surface area (Å²) in [6.07, 6.45) is -1.37. The van der Waals surface area contributed by atoms with Crippen LogP contribution in [0.15, 0.2) is 0 Å². The highest BCUT2D eigenvalue weighted by atomic mass is 16.5. The van der Waals surface area contributed by atoms with Gasteiger partial charge in [0.2, 0.25) is 0 Å². The molecule has 4 heteroatoms. The second kappa shape index (κ2) is 2.47. The van der Waals surface area contributed by atoms with E-state index < -0.39 is 24.4 Å². The molecule has 2 unspecified atom stereocenters. The fraction of sp³-hybridized carbons (Fsp3) is 1.00. The molecule has 4 nitrogen and oxygen atoms in total. The molecule has 0 radical (unpaired) electrons. The van der Waals surface area contributed by atoms with Gasteiger partial charge in [-0.25, -0.2) is 0 Å². The Morgan fingerprint density at radius 2 is 2.30 bits per heavy atom. The minimum absolute atomic E-state index is 0.00579. The van der Waals surface area contributed by atoms with Crippen LogP contribution in [-0.2, 0) is 4.74 Å². The van der Waals surface area contributed by atoms with Gasteiger partial charge in [-0.1, -0.05) is 0 Å². The van der Waals surface area contributed by atoms with Gasteiger partial charge >= 0.3 is 0 Å². The van der Waals surface area contributed by atoms with Crippen LogP contribution in [0.2, 0.25) is 0 Å². The lowest BCUT2D eigenvalue weighted by atomic mass is 9.99.